The normalized spacial score (nSPS) is 11.2. The molecule has 0 aliphatic carbocycles. The van der Waals surface area contributed by atoms with Crippen LogP contribution < -0.4 is 11.1 Å². The van der Waals surface area contributed by atoms with Gasteiger partial charge in [0, 0.05) is 17.0 Å². The van der Waals surface area contributed by atoms with Crippen LogP contribution in [0.2, 0.25) is 5.02 Å². The molecule has 0 saturated heterocycles. The number of nitrogens with two attached hydrogens (primary N) is 1. The lowest BCUT2D eigenvalue weighted by Gasteiger charge is -2.10. The number of pyridine rings is 1. The van der Waals surface area contributed by atoms with Crippen molar-refractivity contribution >= 4 is 53.2 Å². The molecule has 3 N–H and O–H groups in total. The highest BCUT2D eigenvalue weighted by molar-refractivity contribution is 6.31. The number of nitrogens with one attached hydrogen (secondary N) is 1. The Morgan fingerprint density at radius 2 is 2.00 bits per heavy atom. The number of hydrogen-bond donors (Lipinski definition) is 2. The molecule has 7 heteroatoms. The number of rotatable bonds is 4. The van der Waals surface area contributed by atoms with Gasteiger partial charge >= 0.3 is 0 Å². The summed E-state index contributed by atoms with van der Waals surface area (Å²) >= 11 is 5.92. The summed E-state index contributed by atoms with van der Waals surface area (Å²) in [5.74, 6) is 0.0565. The predicted molar refractivity (Wildman–Crippen MR) is 91.8 cm³/mol. The second kappa shape index (κ2) is 9.05. The highest BCUT2D eigenvalue weighted by Crippen LogP contribution is 2.17. The van der Waals surface area contributed by atoms with Gasteiger partial charge in [0.1, 0.15) is 5.69 Å². The zero-order valence-corrected chi connectivity index (χ0v) is 13.9. The lowest BCUT2D eigenvalue weighted by molar-refractivity contribution is 0.0944. The molecule has 1 atom stereocenters. The number of benzene rings is 1. The Balaban J connectivity index is 0.00000200. The average molecular weight is 351 g/mol. The second-order valence-corrected chi connectivity index (χ2v) is 5.02. The number of amides is 1. The van der Waals surface area contributed by atoms with E-state index in [0.717, 1.165) is 5.39 Å². The summed E-state index contributed by atoms with van der Waals surface area (Å²) in [5.41, 5.74) is 6.61. The standard InChI is InChI=1S/C14H16ClN3O.2ClH/c1-9(7-16)8-17-14(19)12-5-3-10-2-4-11(15)6-13(10)18-12;;/h2-6,9H,7-8,16H2,1H3,(H,17,19);2*1H. The molecule has 0 fully saturated rings. The van der Waals surface area contributed by atoms with Crippen molar-refractivity contribution in [2.45, 2.75) is 6.92 Å². The maximum Gasteiger partial charge on any atom is 0.269 e. The smallest absolute Gasteiger partial charge is 0.269 e. The van der Waals surface area contributed by atoms with Crippen molar-refractivity contribution < 1.29 is 4.79 Å². The lowest BCUT2D eigenvalue weighted by atomic mass is 10.1. The first-order valence-electron chi connectivity index (χ1n) is 6.14. The number of halogens is 3. The highest BCUT2D eigenvalue weighted by Gasteiger charge is 2.09. The Bertz CT molecular complexity index is 607. The SMILES string of the molecule is CC(CN)CNC(=O)c1ccc2ccc(Cl)cc2n1.Cl.Cl. The largest absolute Gasteiger partial charge is 0.350 e. The van der Waals surface area contributed by atoms with Crippen molar-refractivity contribution in [1.29, 1.82) is 0 Å². The first-order chi connectivity index (χ1) is 9.10. The van der Waals surface area contributed by atoms with Gasteiger partial charge in [0.2, 0.25) is 0 Å². The van der Waals surface area contributed by atoms with Gasteiger partial charge in [-0.25, -0.2) is 4.98 Å². The summed E-state index contributed by atoms with van der Waals surface area (Å²) in [5, 5.41) is 4.38. The molecule has 4 nitrogen and oxygen atoms in total. The van der Waals surface area contributed by atoms with Gasteiger partial charge in [-0.05, 0) is 30.7 Å². The molecule has 1 aromatic carbocycles. The maximum absolute atomic E-state index is 11.9. The topological polar surface area (TPSA) is 68.0 Å². The van der Waals surface area contributed by atoms with Gasteiger partial charge in [0.05, 0.1) is 5.52 Å². The van der Waals surface area contributed by atoms with Crippen LogP contribution in [0.25, 0.3) is 10.9 Å². The molecule has 2 rings (SSSR count). The second-order valence-electron chi connectivity index (χ2n) is 4.58. The number of hydrogen-bond acceptors (Lipinski definition) is 3. The van der Waals surface area contributed by atoms with Crippen molar-refractivity contribution in [3.05, 3.63) is 41.0 Å². The lowest BCUT2D eigenvalue weighted by Crippen LogP contribution is -2.31. The molecular weight excluding hydrogens is 333 g/mol. The molecule has 0 spiro atoms. The van der Waals surface area contributed by atoms with E-state index in [-0.39, 0.29) is 36.6 Å². The zero-order valence-electron chi connectivity index (χ0n) is 11.5. The van der Waals surface area contributed by atoms with E-state index in [1.807, 2.05) is 19.1 Å². The van der Waals surface area contributed by atoms with E-state index in [0.29, 0.717) is 29.3 Å². The summed E-state index contributed by atoms with van der Waals surface area (Å²) in [7, 11) is 0. The molecule has 2 aromatic rings. The predicted octanol–water partition coefficient (Wildman–Crippen LogP) is 3.06. The molecular formula is C14H18Cl3N3O. The van der Waals surface area contributed by atoms with E-state index < -0.39 is 0 Å². The summed E-state index contributed by atoms with van der Waals surface area (Å²) in [6.07, 6.45) is 0. The molecule has 0 bridgehead atoms. The summed E-state index contributed by atoms with van der Waals surface area (Å²) < 4.78 is 0. The van der Waals surface area contributed by atoms with E-state index in [1.165, 1.54) is 0 Å². The number of fused-ring (bicyclic) bond motifs is 1. The molecule has 116 valence electrons. The Labute approximate surface area is 141 Å². The molecule has 1 heterocycles. The fraction of sp³-hybridized carbons (Fsp3) is 0.286. The number of nitrogens with zero attached hydrogens (tertiary/aromatic N) is 1. The maximum atomic E-state index is 11.9. The number of carbonyl (C=O) groups excluding carboxylic acids is 1. The molecule has 0 saturated carbocycles. The third-order valence-electron chi connectivity index (χ3n) is 2.90. The molecule has 21 heavy (non-hydrogen) atoms. The average Bonchev–Trinajstić information content (AvgIpc) is 2.43. The van der Waals surface area contributed by atoms with Crippen LogP contribution in [-0.4, -0.2) is 24.0 Å². The zero-order chi connectivity index (χ0) is 13.8. The van der Waals surface area contributed by atoms with Crippen LogP contribution >= 0.6 is 36.4 Å². The molecule has 1 aromatic heterocycles. The van der Waals surface area contributed by atoms with Crippen LogP contribution in [0.15, 0.2) is 30.3 Å². The van der Waals surface area contributed by atoms with E-state index in [1.54, 1.807) is 18.2 Å². The number of carbonyl (C=O) groups is 1. The Kier molecular flexibility index (Phi) is 8.59. The van der Waals surface area contributed by atoms with Crippen LogP contribution in [0.5, 0.6) is 0 Å². The van der Waals surface area contributed by atoms with Gasteiger partial charge in [-0.3, -0.25) is 4.79 Å². The van der Waals surface area contributed by atoms with Crippen molar-refractivity contribution in [1.82, 2.24) is 10.3 Å². The third kappa shape index (κ3) is 5.32. The van der Waals surface area contributed by atoms with E-state index in [4.69, 9.17) is 17.3 Å². The van der Waals surface area contributed by atoms with Gasteiger partial charge in [-0.2, -0.15) is 0 Å². The van der Waals surface area contributed by atoms with Gasteiger partial charge in [0.25, 0.3) is 5.91 Å². The van der Waals surface area contributed by atoms with E-state index in [2.05, 4.69) is 10.3 Å². The van der Waals surface area contributed by atoms with Crippen LogP contribution in [0.3, 0.4) is 0 Å². The molecule has 0 aliphatic rings. The van der Waals surface area contributed by atoms with Crippen molar-refractivity contribution in [2.75, 3.05) is 13.1 Å². The van der Waals surface area contributed by atoms with Crippen LogP contribution in [0.1, 0.15) is 17.4 Å². The Hall–Kier alpha value is -1.07. The van der Waals surface area contributed by atoms with Gasteiger partial charge in [0.15, 0.2) is 0 Å². The van der Waals surface area contributed by atoms with Gasteiger partial charge < -0.3 is 11.1 Å². The van der Waals surface area contributed by atoms with Crippen LogP contribution in [0, 0.1) is 5.92 Å². The van der Waals surface area contributed by atoms with Crippen LogP contribution in [-0.2, 0) is 0 Å². The third-order valence-corrected chi connectivity index (χ3v) is 3.14. The molecule has 0 radical (unpaired) electrons. The quantitative estimate of drug-likeness (QED) is 0.890. The van der Waals surface area contributed by atoms with E-state index >= 15 is 0 Å². The summed E-state index contributed by atoms with van der Waals surface area (Å²) in [6.45, 7) is 3.07. The van der Waals surface area contributed by atoms with Gasteiger partial charge in [-0.15, -0.1) is 24.8 Å². The Morgan fingerprint density at radius 1 is 1.33 bits per heavy atom. The van der Waals surface area contributed by atoms with Gasteiger partial charge in [-0.1, -0.05) is 30.7 Å². The summed E-state index contributed by atoms with van der Waals surface area (Å²) in [4.78, 5) is 16.3. The minimum absolute atomic E-state index is 0. The molecule has 1 unspecified atom stereocenters. The monoisotopic (exact) mass is 349 g/mol. The first-order valence-corrected chi connectivity index (χ1v) is 6.52. The highest BCUT2D eigenvalue weighted by atomic mass is 35.5. The Morgan fingerprint density at radius 3 is 2.67 bits per heavy atom. The van der Waals surface area contributed by atoms with Crippen molar-refractivity contribution in [3.8, 4) is 0 Å². The summed E-state index contributed by atoms with van der Waals surface area (Å²) in [6, 6.07) is 8.99. The minimum atomic E-state index is -0.192. The number of aromatic nitrogens is 1. The van der Waals surface area contributed by atoms with Crippen LogP contribution in [0.4, 0.5) is 0 Å². The molecule has 1 amide bonds. The minimum Gasteiger partial charge on any atom is -0.350 e. The van der Waals surface area contributed by atoms with E-state index in [9.17, 15) is 4.79 Å². The first kappa shape index (κ1) is 19.9. The van der Waals surface area contributed by atoms with Crippen molar-refractivity contribution in [3.63, 3.8) is 0 Å². The van der Waals surface area contributed by atoms with Crippen molar-refractivity contribution in [2.24, 2.45) is 11.7 Å². The fourth-order valence-corrected chi connectivity index (χ4v) is 1.82. The fourth-order valence-electron chi connectivity index (χ4n) is 1.66. The molecule has 0 aliphatic heterocycles.